The van der Waals surface area contributed by atoms with Gasteiger partial charge in [0.25, 0.3) is 5.78 Å². The normalized spacial score (nSPS) is 11.2. The molecular formula is C21H27N9OS. The first-order valence-corrected chi connectivity index (χ1v) is 11.7. The quantitative estimate of drug-likeness (QED) is 0.235. The summed E-state index contributed by atoms with van der Waals surface area (Å²) >= 11 is 1.31. The van der Waals surface area contributed by atoms with Gasteiger partial charge in [0.2, 0.25) is 17.8 Å². The van der Waals surface area contributed by atoms with Crippen molar-refractivity contribution in [3.63, 3.8) is 0 Å². The molecule has 3 N–H and O–H groups in total. The van der Waals surface area contributed by atoms with Gasteiger partial charge in [-0.2, -0.15) is 9.97 Å². The van der Waals surface area contributed by atoms with Crippen LogP contribution in [0, 0.1) is 0 Å². The number of hydrogen-bond acceptors (Lipinski definition) is 8. The van der Waals surface area contributed by atoms with Crippen molar-refractivity contribution in [1.82, 2.24) is 34.4 Å². The Balaban J connectivity index is 1.30. The molecule has 0 atom stereocenters. The molecule has 1 amide bonds. The first-order chi connectivity index (χ1) is 15.7. The Labute approximate surface area is 190 Å². The summed E-state index contributed by atoms with van der Waals surface area (Å²) < 4.78 is 3.95. The van der Waals surface area contributed by atoms with Crippen molar-refractivity contribution in [3.8, 4) is 0 Å². The van der Waals surface area contributed by atoms with E-state index in [1.165, 1.54) is 22.7 Å². The second-order valence-electron chi connectivity index (χ2n) is 7.11. The maximum atomic E-state index is 12.3. The van der Waals surface area contributed by atoms with Crippen molar-refractivity contribution in [2.24, 2.45) is 0 Å². The van der Waals surface area contributed by atoms with Crippen LogP contribution in [0.3, 0.4) is 0 Å². The van der Waals surface area contributed by atoms with Crippen LogP contribution >= 0.6 is 11.8 Å². The molecule has 32 heavy (non-hydrogen) atoms. The van der Waals surface area contributed by atoms with Gasteiger partial charge in [0.05, 0.1) is 5.75 Å². The summed E-state index contributed by atoms with van der Waals surface area (Å²) in [6.45, 7) is 6.83. The minimum atomic E-state index is -0.0423. The number of rotatable bonds is 11. The van der Waals surface area contributed by atoms with Crippen LogP contribution in [-0.4, -0.2) is 60.4 Å². The van der Waals surface area contributed by atoms with E-state index in [9.17, 15) is 4.79 Å². The first kappa shape index (κ1) is 21.9. The summed E-state index contributed by atoms with van der Waals surface area (Å²) in [4.78, 5) is 21.2. The number of aromatic nitrogens is 6. The number of aryl methyl sites for hydroxylation is 1. The lowest BCUT2D eigenvalue weighted by molar-refractivity contribution is -0.118. The van der Waals surface area contributed by atoms with E-state index in [-0.39, 0.29) is 11.7 Å². The van der Waals surface area contributed by atoms with Gasteiger partial charge in [0.1, 0.15) is 0 Å². The number of anilines is 2. The number of benzene rings is 1. The lowest BCUT2D eigenvalue weighted by atomic mass is 10.2. The number of para-hydroxylation sites is 1. The Kier molecular flexibility index (Phi) is 7.05. The van der Waals surface area contributed by atoms with Gasteiger partial charge >= 0.3 is 0 Å². The highest BCUT2D eigenvalue weighted by Crippen LogP contribution is 2.21. The second kappa shape index (κ2) is 10.3. The Morgan fingerprint density at radius 1 is 1.06 bits per heavy atom. The molecule has 0 unspecified atom stereocenters. The molecule has 3 aromatic heterocycles. The molecule has 0 fully saturated rings. The molecule has 1 aromatic carbocycles. The fourth-order valence-corrected chi connectivity index (χ4v) is 4.15. The minimum Gasteiger partial charge on any atom is -0.355 e. The van der Waals surface area contributed by atoms with Gasteiger partial charge in [-0.05, 0) is 37.8 Å². The van der Waals surface area contributed by atoms with Crippen LogP contribution in [0.5, 0.6) is 0 Å². The van der Waals surface area contributed by atoms with E-state index in [1.54, 1.807) is 4.40 Å². The lowest BCUT2D eigenvalue weighted by Gasteiger charge is -2.10. The highest BCUT2D eigenvalue weighted by Gasteiger charge is 2.15. The number of carbonyl (C=O) groups is 1. The molecule has 0 saturated carbocycles. The van der Waals surface area contributed by atoms with Crippen molar-refractivity contribution < 1.29 is 4.79 Å². The van der Waals surface area contributed by atoms with Crippen LogP contribution in [0.2, 0.25) is 0 Å². The lowest BCUT2D eigenvalue weighted by Crippen LogP contribution is -2.27. The molecule has 0 saturated heterocycles. The van der Waals surface area contributed by atoms with Crippen LogP contribution < -0.4 is 16.0 Å². The summed E-state index contributed by atoms with van der Waals surface area (Å²) in [5.74, 6) is 1.73. The molecule has 0 bridgehead atoms. The standard InChI is InChI=1S/C21H27N9OS/c1-3-22-18-25-19(23-4-2)30-20(26-18)27-28-21(30)32-14-17(31)24-11-7-12-29-13-10-15-8-5-6-9-16(15)29/h5-6,8-10,13H,3-4,7,11-12,14H2,1-2H3,(H,24,31)(H2,22,23,25,26,27). The summed E-state index contributed by atoms with van der Waals surface area (Å²) in [5, 5.41) is 19.4. The number of nitrogens with one attached hydrogen (secondary N) is 3. The zero-order valence-corrected chi connectivity index (χ0v) is 19.0. The van der Waals surface area contributed by atoms with Crippen LogP contribution in [0.1, 0.15) is 20.3 Å². The third-order valence-electron chi connectivity index (χ3n) is 4.83. The van der Waals surface area contributed by atoms with Gasteiger partial charge in [0, 0.05) is 37.9 Å². The maximum absolute atomic E-state index is 12.3. The van der Waals surface area contributed by atoms with E-state index < -0.39 is 0 Å². The number of amides is 1. The SMILES string of the molecule is CCNc1nc(NCC)n2c(SCC(=O)NCCCn3ccc4ccccc43)nnc2n1. The van der Waals surface area contributed by atoms with Crippen LogP contribution in [-0.2, 0) is 11.3 Å². The smallest absolute Gasteiger partial charge is 0.261 e. The second-order valence-corrected chi connectivity index (χ2v) is 8.05. The third-order valence-corrected chi connectivity index (χ3v) is 5.76. The highest BCUT2D eigenvalue weighted by atomic mass is 32.2. The topological polar surface area (TPSA) is 114 Å². The van der Waals surface area contributed by atoms with E-state index in [1.807, 2.05) is 26.0 Å². The van der Waals surface area contributed by atoms with Gasteiger partial charge < -0.3 is 20.5 Å². The summed E-state index contributed by atoms with van der Waals surface area (Å²) in [6.07, 6.45) is 2.94. The molecule has 0 aliphatic heterocycles. The molecule has 4 aromatic rings. The van der Waals surface area contributed by atoms with Crippen molar-refractivity contribution in [2.45, 2.75) is 32.0 Å². The molecule has 11 heteroatoms. The Hall–Kier alpha value is -3.34. The summed E-state index contributed by atoms with van der Waals surface area (Å²) in [6, 6.07) is 10.4. The minimum absolute atomic E-state index is 0.0423. The molecule has 168 valence electrons. The number of carbonyl (C=O) groups excluding carboxylic acids is 1. The summed E-state index contributed by atoms with van der Waals surface area (Å²) in [5.41, 5.74) is 1.21. The van der Waals surface area contributed by atoms with Crippen molar-refractivity contribution in [2.75, 3.05) is 36.0 Å². The van der Waals surface area contributed by atoms with Gasteiger partial charge in [0.15, 0.2) is 5.16 Å². The molecule has 0 aliphatic rings. The maximum Gasteiger partial charge on any atom is 0.261 e. The Morgan fingerprint density at radius 2 is 1.91 bits per heavy atom. The molecule has 0 aliphatic carbocycles. The zero-order chi connectivity index (χ0) is 22.3. The number of nitrogens with zero attached hydrogens (tertiary/aromatic N) is 6. The van der Waals surface area contributed by atoms with Gasteiger partial charge in [-0.3, -0.25) is 4.79 Å². The monoisotopic (exact) mass is 453 g/mol. The number of thioether (sulfide) groups is 1. The van der Waals surface area contributed by atoms with Crippen molar-refractivity contribution >= 4 is 46.2 Å². The average molecular weight is 454 g/mol. The average Bonchev–Trinajstić information content (AvgIpc) is 3.40. The van der Waals surface area contributed by atoms with Crippen LogP contribution in [0.25, 0.3) is 16.7 Å². The Morgan fingerprint density at radius 3 is 2.75 bits per heavy atom. The van der Waals surface area contributed by atoms with E-state index in [2.05, 4.69) is 65.1 Å². The van der Waals surface area contributed by atoms with Gasteiger partial charge in [-0.15, -0.1) is 10.2 Å². The zero-order valence-electron chi connectivity index (χ0n) is 18.2. The fraction of sp³-hybridized carbons (Fsp3) is 0.381. The van der Waals surface area contributed by atoms with E-state index in [0.717, 1.165) is 13.0 Å². The Bertz CT molecular complexity index is 1200. The van der Waals surface area contributed by atoms with Crippen LogP contribution in [0.4, 0.5) is 11.9 Å². The van der Waals surface area contributed by atoms with Crippen molar-refractivity contribution in [1.29, 1.82) is 0 Å². The third kappa shape index (κ3) is 4.93. The molecule has 4 rings (SSSR count). The molecular weight excluding hydrogens is 426 g/mol. The van der Waals surface area contributed by atoms with Gasteiger partial charge in [-0.25, -0.2) is 4.40 Å². The van der Waals surface area contributed by atoms with E-state index in [0.29, 0.717) is 42.5 Å². The van der Waals surface area contributed by atoms with Gasteiger partial charge in [-0.1, -0.05) is 30.0 Å². The largest absolute Gasteiger partial charge is 0.355 e. The first-order valence-electron chi connectivity index (χ1n) is 10.7. The fourth-order valence-electron chi connectivity index (χ4n) is 3.39. The number of fused-ring (bicyclic) bond motifs is 2. The predicted octanol–water partition coefficient (Wildman–Crippen LogP) is 2.64. The molecule has 0 spiro atoms. The van der Waals surface area contributed by atoms with E-state index >= 15 is 0 Å². The van der Waals surface area contributed by atoms with Crippen molar-refractivity contribution in [3.05, 3.63) is 36.5 Å². The van der Waals surface area contributed by atoms with E-state index in [4.69, 9.17) is 0 Å². The molecule has 10 nitrogen and oxygen atoms in total. The number of hydrogen-bond donors (Lipinski definition) is 3. The van der Waals surface area contributed by atoms with Crippen LogP contribution in [0.15, 0.2) is 41.7 Å². The molecule has 0 radical (unpaired) electrons. The highest BCUT2D eigenvalue weighted by molar-refractivity contribution is 7.99. The predicted molar refractivity (Wildman–Crippen MR) is 127 cm³/mol. The summed E-state index contributed by atoms with van der Waals surface area (Å²) in [7, 11) is 0. The molecule has 3 heterocycles.